The van der Waals surface area contributed by atoms with Gasteiger partial charge in [-0.15, -0.1) is 0 Å². The number of fused-ring (bicyclic) bond motifs is 1. The fourth-order valence-corrected chi connectivity index (χ4v) is 6.20. The highest BCUT2D eigenvalue weighted by atomic mass is 79.9. The van der Waals surface area contributed by atoms with Crippen LogP contribution in [0.1, 0.15) is 59.3 Å². The van der Waals surface area contributed by atoms with Crippen molar-refractivity contribution in [3.63, 3.8) is 0 Å². The number of allylic oxidation sites excluding steroid dienone is 1. The van der Waals surface area contributed by atoms with E-state index in [2.05, 4.69) is 48.3 Å². The van der Waals surface area contributed by atoms with Crippen LogP contribution in [0.2, 0.25) is 0 Å². The van der Waals surface area contributed by atoms with Crippen molar-refractivity contribution in [2.45, 2.75) is 65.4 Å². The summed E-state index contributed by atoms with van der Waals surface area (Å²) in [5, 5.41) is 0. The topological polar surface area (TPSA) is 26.3 Å². The molecule has 1 aliphatic heterocycles. The molecule has 0 N–H and O–H groups in total. The number of ether oxygens (including phenoxy) is 1. The molecule has 0 spiro atoms. The molecule has 1 heterocycles. The van der Waals surface area contributed by atoms with Gasteiger partial charge in [0.25, 0.3) is 0 Å². The maximum atomic E-state index is 11.7. The van der Waals surface area contributed by atoms with Gasteiger partial charge in [0.05, 0.1) is 0 Å². The normalized spacial score (nSPS) is 43.6. The fraction of sp³-hybridized carbons (Fsp3) is 0.750. The van der Waals surface area contributed by atoms with Crippen molar-refractivity contribution in [2.75, 3.05) is 0 Å². The lowest BCUT2D eigenvalue weighted by Crippen LogP contribution is -2.37. The zero-order valence-corrected chi connectivity index (χ0v) is 16.2. The molecule has 23 heavy (non-hydrogen) atoms. The van der Waals surface area contributed by atoms with Crippen molar-refractivity contribution >= 4 is 21.9 Å². The van der Waals surface area contributed by atoms with Crippen molar-refractivity contribution in [3.8, 4) is 0 Å². The molecular weight excluding hydrogens is 352 g/mol. The summed E-state index contributed by atoms with van der Waals surface area (Å²) in [4.78, 5) is 13.9. The minimum atomic E-state index is -0.188. The third-order valence-electron chi connectivity index (χ3n) is 7.10. The lowest BCUT2D eigenvalue weighted by Gasteiger charge is -2.44. The average molecular weight is 381 g/mol. The molecule has 0 aromatic heterocycles. The summed E-state index contributed by atoms with van der Waals surface area (Å²) in [6.45, 7) is 10.8. The second kappa shape index (κ2) is 6.38. The van der Waals surface area contributed by atoms with Gasteiger partial charge < -0.3 is 4.74 Å². The van der Waals surface area contributed by atoms with Gasteiger partial charge in [0, 0.05) is 11.5 Å². The van der Waals surface area contributed by atoms with Gasteiger partial charge in [0.15, 0.2) is 0 Å². The van der Waals surface area contributed by atoms with E-state index in [1.165, 1.54) is 32.1 Å². The van der Waals surface area contributed by atoms with E-state index in [1.54, 1.807) is 5.57 Å². The zero-order valence-electron chi connectivity index (χ0n) is 14.6. The first-order chi connectivity index (χ1) is 10.9. The number of hydrogen-bond acceptors (Lipinski definition) is 2. The Hall–Kier alpha value is -0.570. The van der Waals surface area contributed by atoms with Gasteiger partial charge in [-0.3, -0.25) is 0 Å². The lowest BCUT2D eigenvalue weighted by molar-refractivity contribution is -0.140. The number of halogens is 1. The predicted molar refractivity (Wildman–Crippen MR) is 97.1 cm³/mol. The van der Waals surface area contributed by atoms with E-state index < -0.39 is 0 Å². The lowest BCUT2D eigenvalue weighted by atomic mass is 9.61. The first-order valence-electron chi connectivity index (χ1n) is 9.07. The van der Waals surface area contributed by atoms with E-state index in [4.69, 9.17) is 4.74 Å². The van der Waals surface area contributed by atoms with E-state index in [0.29, 0.717) is 16.9 Å². The highest BCUT2D eigenvalue weighted by Gasteiger charge is 2.51. The zero-order chi connectivity index (χ0) is 16.8. The molecule has 2 saturated carbocycles. The summed E-state index contributed by atoms with van der Waals surface area (Å²) < 4.78 is 5.57. The molecule has 0 unspecified atom stereocenters. The fourth-order valence-electron chi connectivity index (χ4n) is 5.65. The summed E-state index contributed by atoms with van der Waals surface area (Å²) in [6.07, 6.45) is 7.53. The van der Waals surface area contributed by atoms with Crippen molar-refractivity contribution in [1.82, 2.24) is 0 Å². The van der Waals surface area contributed by atoms with Gasteiger partial charge in [0.1, 0.15) is 6.10 Å². The molecule has 3 fully saturated rings. The Labute approximate surface area is 148 Å². The summed E-state index contributed by atoms with van der Waals surface area (Å²) in [6, 6.07) is 0. The maximum Gasteiger partial charge on any atom is 0.334 e. The molecule has 2 aliphatic carbocycles. The Morgan fingerprint density at radius 3 is 2.83 bits per heavy atom. The van der Waals surface area contributed by atoms with Gasteiger partial charge in [-0.25, -0.2) is 4.79 Å². The Kier molecular flexibility index (Phi) is 4.79. The monoisotopic (exact) mass is 380 g/mol. The van der Waals surface area contributed by atoms with E-state index in [0.717, 1.165) is 18.3 Å². The Morgan fingerprint density at radius 2 is 2.22 bits per heavy atom. The minimum Gasteiger partial charge on any atom is -0.458 e. The smallest absolute Gasteiger partial charge is 0.334 e. The summed E-state index contributed by atoms with van der Waals surface area (Å²) >= 11 is 3.59. The quantitative estimate of drug-likeness (QED) is 0.468. The number of esters is 1. The van der Waals surface area contributed by atoms with Crippen LogP contribution in [0.25, 0.3) is 0 Å². The van der Waals surface area contributed by atoms with Crippen LogP contribution in [0, 0.1) is 29.1 Å². The molecule has 0 bridgehead atoms. The van der Waals surface area contributed by atoms with E-state index in [1.807, 2.05) is 0 Å². The van der Waals surface area contributed by atoms with Crippen LogP contribution in [0.5, 0.6) is 0 Å². The molecule has 0 amide bonds. The van der Waals surface area contributed by atoms with Crippen LogP contribution in [0.3, 0.4) is 0 Å². The highest BCUT2D eigenvalue weighted by Crippen LogP contribution is 2.60. The molecule has 1 saturated heterocycles. The minimum absolute atomic E-state index is 0.0300. The SMILES string of the molecule is C=C1C(=O)O[C@@H](C[C@@H](C)[C@H]2CC[C@H]3C(=CBr)CCC[C@]23C)[C@H]1C. The van der Waals surface area contributed by atoms with Crippen LogP contribution >= 0.6 is 15.9 Å². The molecule has 0 aromatic rings. The first-order valence-corrected chi connectivity index (χ1v) is 9.99. The summed E-state index contributed by atoms with van der Waals surface area (Å²) in [5.41, 5.74) is 2.68. The molecule has 2 nitrogen and oxygen atoms in total. The Bertz CT molecular complexity index is 538. The van der Waals surface area contributed by atoms with Crippen LogP contribution in [0.15, 0.2) is 22.7 Å². The standard InChI is InChI=1S/C20H29BrO2/c1-12(10-18-13(2)14(3)19(22)23-18)16-7-8-17-15(11-21)6-5-9-20(16,17)4/h11-13,16-18H,3,5-10H2,1-2,4H3/t12-,13+,16-,17+,18+,20-/m1/s1. The van der Waals surface area contributed by atoms with Crippen LogP contribution in [0.4, 0.5) is 0 Å². The predicted octanol–water partition coefficient (Wildman–Crippen LogP) is 5.63. The number of carbonyl (C=O) groups excluding carboxylic acids is 1. The van der Waals surface area contributed by atoms with Gasteiger partial charge in [-0.1, -0.05) is 48.9 Å². The van der Waals surface area contributed by atoms with Gasteiger partial charge in [-0.2, -0.15) is 0 Å². The molecule has 6 atom stereocenters. The summed E-state index contributed by atoms with van der Waals surface area (Å²) in [7, 11) is 0. The summed E-state index contributed by atoms with van der Waals surface area (Å²) in [5.74, 6) is 2.04. The largest absolute Gasteiger partial charge is 0.458 e. The van der Waals surface area contributed by atoms with E-state index >= 15 is 0 Å². The second-order valence-corrected chi connectivity index (χ2v) is 8.71. The first kappa shape index (κ1) is 17.3. The molecule has 3 rings (SSSR count). The molecule has 0 aromatic carbocycles. The van der Waals surface area contributed by atoms with E-state index in [9.17, 15) is 4.79 Å². The molecule has 0 radical (unpaired) electrons. The van der Waals surface area contributed by atoms with Crippen molar-refractivity contribution in [1.29, 1.82) is 0 Å². The van der Waals surface area contributed by atoms with Crippen LogP contribution in [-0.2, 0) is 9.53 Å². The van der Waals surface area contributed by atoms with Crippen LogP contribution < -0.4 is 0 Å². The maximum absolute atomic E-state index is 11.7. The highest BCUT2D eigenvalue weighted by molar-refractivity contribution is 9.11. The number of hydrogen-bond donors (Lipinski definition) is 0. The molecule has 3 heteroatoms. The van der Waals surface area contributed by atoms with Crippen molar-refractivity contribution < 1.29 is 9.53 Å². The van der Waals surface area contributed by atoms with Gasteiger partial charge in [-0.05, 0) is 66.7 Å². The van der Waals surface area contributed by atoms with Crippen molar-refractivity contribution in [2.24, 2.45) is 29.1 Å². The second-order valence-electron chi connectivity index (χ2n) is 8.25. The Morgan fingerprint density at radius 1 is 1.48 bits per heavy atom. The third-order valence-corrected chi connectivity index (χ3v) is 7.69. The van der Waals surface area contributed by atoms with Gasteiger partial charge >= 0.3 is 5.97 Å². The molecular formula is C20H29BrO2. The molecule has 128 valence electrons. The number of carbonyl (C=O) groups is 1. The van der Waals surface area contributed by atoms with Crippen LogP contribution in [-0.4, -0.2) is 12.1 Å². The average Bonchev–Trinajstić information content (AvgIpc) is 2.99. The Balaban J connectivity index is 1.72. The van der Waals surface area contributed by atoms with Gasteiger partial charge in [0.2, 0.25) is 0 Å². The number of rotatable bonds is 3. The number of cyclic esters (lactones) is 1. The van der Waals surface area contributed by atoms with E-state index in [-0.39, 0.29) is 18.0 Å². The molecule has 3 aliphatic rings. The third kappa shape index (κ3) is 2.83. The van der Waals surface area contributed by atoms with Crippen molar-refractivity contribution in [3.05, 3.63) is 22.7 Å².